The van der Waals surface area contributed by atoms with Crippen LogP contribution in [0.2, 0.25) is 0 Å². The van der Waals surface area contributed by atoms with Gasteiger partial charge in [0.05, 0.1) is 22.1 Å². The summed E-state index contributed by atoms with van der Waals surface area (Å²) in [6, 6.07) is 15.7. The van der Waals surface area contributed by atoms with E-state index in [0.29, 0.717) is 6.54 Å². The Balaban J connectivity index is 1.76. The van der Waals surface area contributed by atoms with Crippen LogP contribution in [0.3, 0.4) is 0 Å². The van der Waals surface area contributed by atoms with Gasteiger partial charge in [-0.25, -0.2) is 4.98 Å². The van der Waals surface area contributed by atoms with Crippen LogP contribution in [0.1, 0.15) is 25.6 Å². The Morgan fingerprint density at radius 1 is 1.12 bits per heavy atom. The average Bonchev–Trinajstić information content (AvgIpc) is 2.93. The van der Waals surface area contributed by atoms with Crippen molar-refractivity contribution in [2.24, 2.45) is 0 Å². The van der Waals surface area contributed by atoms with E-state index in [9.17, 15) is 5.11 Å². The third-order valence-electron chi connectivity index (χ3n) is 3.86. The first-order valence-electron chi connectivity index (χ1n) is 8.07. The molecule has 0 saturated heterocycles. The molecule has 3 rings (SSSR count). The predicted molar refractivity (Wildman–Crippen MR) is 99.5 cm³/mol. The Labute approximate surface area is 150 Å². The van der Waals surface area contributed by atoms with Gasteiger partial charge in [0.1, 0.15) is 24.3 Å². The lowest BCUT2D eigenvalue weighted by atomic mass is 10.2. The number of hydrogen-bond acceptors (Lipinski definition) is 3. The molecule has 0 spiro atoms. The molecule has 0 radical (unpaired) electrons. The maximum Gasteiger partial charge on any atom is 0.133 e. The second-order valence-corrected chi connectivity index (χ2v) is 6.97. The summed E-state index contributed by atoms with van der Waals surface area (Å²) in [7, 11) is 0. The van der Waals surface area contributed by atoms with Crippen molar-refractivity contribution in [1.82, 2.24) is 9.55 Å². The van der Waals surface area contributed by atoms with E-state index in [1.807, 2.05) is 48.5 Å². The molecular formula is C19H21BrN2O2. The monoisotopic (exact) mass is 388 g/mol. The Morgan fingerprint density at radius 2 is 1.83 bits per heavy atom. The molecule has 0 saturated carbocycles. The summed E-state index contributed by atoms with van der Waals surface area (Å²) >= 11 is 3.45. The topological polar surface area (TPSA) is 47.3 Å². The van der Waals surface area contributed by atoms with Gasteiger partial charge in [-0.3, -0.25) is 0 Å². The number of fused-ring (bicyclic) bond motifs is 1. The Morgan fingerprint density at radius 3 is 2.58 bits per heavy atom. The summed E-state index contributed by atoms with van der Waals surface area (Å²) in [6.07, 6.45) is -0.618. The molecule has 0 bridgehead atoms. The molecule has 0 aliphatic rings. The normalized spacial score (nSPS) is 12.7. The van der Waals surface area contributed by atoms with E-state index in [1.165, 1.54) is 0 Å². The second-order valence-electron chi connectivity index (χ2n) is 6.12. The minimum Gasteiger partial charge on any atom is -0.490 e. The van der Waals surface area contributed by atoms with Crippen LogP contribution in [0, 0.1) is 0 Å². The first kappa shape index (κ1) is 17.0. The molecule has 1 aromatic heterocycles. The lowest BCUT2D eigenvalue weighted by molar-refractivity contribution is 0.0922. The fraction of sp³-hybridized carbons (Fsp3) is 0.316. The van der Waals surface area contributed by atoms with Gasteiger partial charge in [-0.2, -0.15) is 0 Å². The molecule has 1 heterocycles. The highest BCUT2D eigenvalue weighted by molar-refractivity contribution is 9.10. The van der Waals surface area contributed by atoms with Gasteiger partial charge >= 0.3 is 0 Å². The molecule has 24 heavy (non-hydrogen) atoms. The van der Waals surface area contributed by atoms with E-state index in [0.717, 1.165) is 27.1 Å². The molecule has 3 aromatic rings. The molecule has 1 atom stereocenters. The number of aliphatic hydroxyl groups is 1. The number of halogens is 1. The number of nitrogens with zero attached hydrogens (tertiary/aromatic N) is 2. The summed E-state index contributed by atoms with van der Waals surface area (Å²) in [4.78, 5) is 4.70. The minimum atomic E-state index is -0.618. The predicted octanol–water partition coefficient (Wildman–Crippen LogP) is 4.36. The van der Waals surface area contributed by atoms with E-state index in [-0.39, 0.29) is 12.5 Å². The lowest BCUT2D eigenvalue weighted by Crippen LogP contribution is -2.25. The number of hydrogen-bond donors (Lipinski definition) is 1. The van der Waals surface area contributed by atoms with Gasteiger partial charge in [0.15, 0.2) is 0 Å². The zero-order valence-electron chi connectivity index (χ0n) is 13.8. The fourth-order valence-corrected chi connectivity index (χ4v) is 3.14. The molecule has 1 N–H and O–H groups in total. The number of benzene rings is 2. The summed E-state index contributed by atoms with van der Waals surface area (Å²) in [5.41, 5.74) is 2.00. The standard InChI is InChI=1S/C19H21BrN2O2/c1-13(2)19-21-16-8-4-5-9-17(16)22(19)11-14(23)12-24-18-10-6-3-7-15(18)20/h3-10,13-14,23H,11-12H2,1-2H3. The summed E-state index contributed by atoms with van der Waals surface area (Å²) in [5, 5.41) is 10.4. The smallest absolute Gasteiger partial charge is 0.133 e. The van der Waals surface area contributed by atoms with Gasteiger partial charge in [0.25, 0.3) is 0 Å². The Kier molecular flexibility index (Phi) is 5.21. The maximum absolute atomic E-state index is 10.4. The summed E-state index contributed by atoms with van der Waals surface area (Å²) in [5.74, 6) is 2.00. The van der Waals surface area contributed by atoms with Crippen molar-refractivity contribution >= 4 is 27.0 Å². The van der Waals surface area contributed by atoms with Crippen LogP contribution < -0.4 is 4.74 Å². The minimum absolute atomic E-state index is 0.229. The highest BCUT2D eigenvalue weighted by atomic mass is 79.9. The summed E-state index contributed by atoms with van der Waals surface area (Å²) < 4.78 is 8.70. The van der Waals surface area contributed by atoms with Crippen LogP contribution in [0.5, 0.6) is 5.75 Å². The van der Waals surface area contributed by atoms with E-state index in [4.69, 9.17) is 9.72 Å². The van der Waals surface area contributed by atoms with Crippen molar-refractivity contribution in [2.45, 2.75) is 32.4 Å². The van der Waals surface area contributed by atoms with E-state index in [2.05, 4.69) is 34.3 Å². The number of aromatic nitrogens is 2. The van der Waals surface area contributed by atoms with Crippen LogP contribution in [-0.2, 0) is 6.54 Å². The molecule has 126 valence electrons. The molecule has 0 amide bonds. The van der Waals surface area contributed by atoms with Gasteiger partial charge in [-0.1, -0.05) is 38.1 Å². The highest BCUT2D eigenvalue weighted by Crippen LogP contribution is 2.25. The Bertz CT molecular complexity index is 829. The molecule has 4 nitrogen and oxygen atoms in total. The van der Waals surface area contributed by atoms with E-state index >= 15 is 0 Å². The second kappa shape index (κ2) is 7.36. The van der Waals surface area contributed by atoms with Crippen LogP contribution in [0.15, 0.2) is 53.0 Å². The zero-order valence-corrected chi connectivity index (χ0v) is 15.4. The van der Waals surface area contributed by atoms with Gasteiger partial charge in [-0.15, -0.1) is 0 Å². The number of aliphatic hydroxyl groups excluding tert-OH is 1. The third kappa shape index (κ3) is 3.62. The van der Waals surface area contributed by atoms with Crippen molar-refractivity contribution in [1.29, 1.82) is 0 Å². The molecule has 0 aliphatic heterocycles. The van der Waals surface area contributed by atoms with Crippen LogP contribution >= 0.6 is 15.9 Å². The van der Waals surface area contributed by atoms with Gasteiger partial charge in [0.2, 0.25) is 0 Å². The number of imidazole rings is 1. The molecule has 0 fully saturated rings. The van der Waals surface area contributed by atoms with Gasteiger partial charge in [0, 0.05) is 5.92 Å². The average molecular weight is 389 g/mol. The molecular weight excluding hydrogens is 368 g/mol. The van der Waals surface area contributed by atoms with Crippen molar-refractivity contribution in [3.63, 3.8) is 0 Å². The van der Waals surface area contributed by atoms with Crippen molar-refractivity contribution in [3.05, 3.63) is 58.8 Å². The number of rotatable bonds is 6. The molecule has 2 aromatic carbocycles. The van der Waals surface area contributed by atoms with E-state index < -0.39 is 6.10 Å². The third-order valence-corrected chi connectivity index (χ3v) is 4.52. The zero-order chi connectivity index (χ0) is 17.1. The SMILES string of the molecule is CC(C)c1nc2ccccc2n1CC(O)COc1ccccc1Br. The largest absolute Gasteiger partial charge is 0.490 e. The number of para-hydroxylation sites is 3. The molecule has 0 aliphatic carbocycles. The van der Waals surface area contributed by atoms with Gasteiger partial charge < -0.3 is 14.4 Å². The van der Waals surface area contributed by atoms with E-state index in [1.54, 1.807) is 0 Å². The first-order chi connectivity index (χ1) is 11.6. The molecule has 1 unspecified atom stereocenters. The van der Waals surface area contributed by atoms with Gasteiger partial charge in [-0.05, 0) is 40.2 Å². The maximum atomic E-state index is 10.4. The van der Waals surface area contributed by atoms with Crippen LogP contribution in [0.4, 0.5) is 0 Å². The van der Waals surface area contributed by atoms with Crippen LogP contribution in [-0.4, -0.2) is 27.4 Å². The fourth-order valence-electron chi connectivity index (χ4n) is 2.74. The van der Waals surface area contributed by atoms with Crippen molar-refractivity contribution in [3.8, 4) is 5.75 Å². The van der Waals surface area contributed by atoms with Crippen LogP contribution in [0.25, 0.3) is 11.0 Å². The first-order valence-corrected chi connectivity index (χ1v) is 8.86. The highest BCUT2D eigenvalue weighted by Gasteiger charge is 2.17. The lowest BCUT2D eigenvalue weighted by Gasteiger charge is -2.17. The number of ether oxygens (including phenoxy) is 1. The van der Waals surface area contributed by atoms with Crippen molar-refractivity contribution < 1.29 is 9.84 Å². The summed E-state index contributed by atoms with van der Waals surface area (Å²) in [6.45, 7) is 4.91. The quantitative estimate of drug-likeness (QED) is 0.682. The Hall–Kier alpha value is -1.85. The molecule has 5 heteroatoms. The van der Waals surface area contributed by atoms with Crippen molar-refractivity contribution in [2.75, 3.05) is 6.61 Å².